The summed E-state index contributed by atoms with van der Waals surface area (Å²) in [7, 11) is 0. The zero-order valence-electron chi connectivity index (χ0n) is 11.7. The highest BCUT2D eigenvalue weighted by Crippen LogP contribution is 2.29. The molecule has 2 N–H and O–H groups in total. The van der Waals surface area contributed by atoms with E-state index in [-0.39, 0.29) is 18.4 Å². The molecular weight excluding hydrogens is 308 g/mol. The molecule has 1 unspecified atom stereocenters. The summed E-state index contributed by atoms with van der Waals surface area (Å²) >= 11 is 7.52. The van der Waals surface area contributed by atoms with Gasteiger partial charge in [0.1, 0.15) is 10.7 Å². The first-order chi connectivity index (χ1) is 10.1. The largest absolute Gasteiger partial charge is 0.396 e. The Morgan fingerprint density at radius 1 is 1.48 bits per heavy atom. The Hall–Kier alpha value is -1.43. The van der Waals surface area contributed by atoms with Crippen LogP contribution in [0.4, 0.5) is 0 Å². The van der Waals surface area contributed by atoms with Crippen LogP contribution in [0.25, 0.3) is 10.6 Å². The molecule has 2 rings (SSSR count). The molecule has 0 aliphatic carbocycles. The number of hydrogen-bond acceptors (Lipinski definition) is 4. The maximum atomic E-state index is 12.0. The van der Waals surface area contributed by atoms with Gasteiger partial charge in [0.25, 0.3) is 5.91 Å². The molecule has 0 saturated carbocycles. The third kappa shape index (κ3) is 4.27. The Morgan fingerprint density at radius 3 is 2.95 bits per heavy atom. The average molecular weight is 325 g/mol. The van der Waals surface area contributed by atoms with Crippen LogP contribution < -0.4 is 5.32 Å². The van der Waals surface area contributed by atoms with E-state index in [1.807, 2.05) is 25.1 Å². The van der Waals surface area contributed by atoms with Gasteiger partial charge in [0, 0.05) is 24.1 Å². The Kier molecular flexibility index (Phi) is 5.73. The van der Waals surface area contributed by atoms with E-state index in [0.29, 0.717) is 23.7 Å². The highest BCUT2D eigenvalue weighted by Gasteiger charge is 2.14. The minimum absolute atomic E-state index is 0.129. The molecule has 4 nitrogen and oxygen atoms in total. The van der Waals surface area contributed by atoms with Crippen molar-refractivity contribution in [2.45, 2.75) is 13.3 Å². The van der Waals surface area contributed by atoms with Crippen LogP contribution in [-0.2, 0) is 0 Å². The van der Waals surface area contributed by atoms with Gasteiger partial charge in [0.05, 0.1) is 5.02 Å². The van der Waals surface area contributed by atoms with Crippen molar-refractivity contribution >= 4 is 28.8 Å². The molecule has 21 heavy (non-hydrogen) atoms. The maximum Gasteiger partial charge on any atom is 0.270 e. The van der Waals surface area contributed by atoms with E-state index in [1.54, 1.807) is 11.4 Å². The van der Waals surface area contributed by atoms with E-state index >= 15 is 0 Å². The number of nitrogens with zero attached hydrogens (tertiary/aromatic N) is 1. The second kappa shape index (κ2) is 7.54. The number of aliphatic hydroxyl groups excluding tert-OH is 1. The van der Waals surface area contributed by atoms with Gasteiger partial charge >= 0.3 is 0 Å². The molecule has 6 heteroatoms. The predicted octanol–water partition coefficient (Wildman–Crippen LogP) is 3.21. The summed E-state index contributed by atoms with van der Waals surface area (Å²) in [6.45, 7) is 2.63. The van der Waals surface area contributed by atoms with Crippen LogP contribution in [0.2, 0.25) is 5.02 Å². The first-order valence-corrected chi connectivity index (χ1v) is 7.97. The van der Waals surface area contributed by atoms with Crippen molar-refractivity contribution in [3.8, 4) is 10.6 Å². The highest BCUT2D eigenvalue weighted by molar-refractivity contribution is 7.13. The fourth-order valence-electron chi connectivity index (χ4n) is 1.82. The number of nitrogens with one attached hydrogen (secondary N) is 1. The first-order valence-electron chi connectivity index (χ1n) is 6.71. The number of carbonyl (C=O) groups excluding carboxylic acids is 1. The van der Waals surface area contributed by atoms with Gasteiger partial charge in [-0.2, -0.15) is 0 Å². The van der Waals surface area contributed by atoms with E-state index < -0.39 is 0 Å². The fourth-order valence-corrected chi connectivity index (χ4v) is 2.94. The van der Waals surface area contributed by atoms with E-state index in [0.717, 1.165) is 10.6 Å². The number of benzene rings is 1. The Morgan fingerprint density at radius 2 is 2.24 bits per heavy atom. The molecule has 0 aliphatic heterocycles. The summed E-state index contributed by atoms with van der Waals surface area (Å²) in [5.74, 6) is 0.0370. The minimum atomic E-state index is -0.200. The van der Waals surface area contributed by atoms with Crippen LogP contribution in [0, 0.1) is 5.92 Å². The number of carbonyl (C=O) groups is 1. The number of halogens is 1. The van der Waals surface area contributed by atoms with Gasteiger partial charge in [-0.1, -0.05) is 36.7 Å². The molecule has 0 saturated heterocycles. The van der Waals surface area contributed by atoms with Crippen LogP contribution in [0.15, 0.2) is 29.6 Å². The molecule has 112 valence electrons. The molecular formula is C15H17ClN2O2S. The SMILES string of the molecule is CC(CCO)CNC(=O)c1csc(-c2ccccc2Cl)n1. The molecule has 0 fully saturated rings. The lowest BCUT2D eigenvalue weighted by molar-refractivity contribution is 0.0941. The van der Waals surface area contributed by atoms with Crippen molar-refractivity contribution in [1.82, 2.24) is 10.3 Å². The highest BCUT2D eigenvalue weighted by atomic mass is 35.5. The third-order valence-electron chi connectivity index (χ3n) is 3.07. The summed E-state index contributed by atoms with van der Waals surface area (Å²) in [6.07, 6.45) is 0.669. The molecule has 0 spiro atoms. The maximum absolute atomic E-state index is 12.0. The Labute approximate surface area is 132 Å². The first kappa shape index (κ1) is 15.9. The normalized spacial score (nSPS) is 12.1. The van der Waals surface area contributed by atoms with E-state index in [2.05, 4.69) is 10.3 Å². The van der Waals surface area contributed by atoms with Gasteiger partial charge in [-0.3, -0.25) is 4.79 Å². The second-order valence-corrected chi connectivity index (χ2v) is 6.11. The van der Waals surface area contributed by atoms with Crippen molar-refractivity contribution in [2.24, 2.45) is 5.92 Å². The van der Waals surface area contributed by atoms with Crippen LogP contribution >= 0.6 is 22.9 Å². The van der Waals surface area contributed by atoms with Gasteiger partial charge in [0.15, 0.2) is 0 Å². The standard InChI is InChI=1S/C15H17ClN2O2S/c1-10(6-7-19)8-17-14(20)13-9-21-15(18-13)11-4-2-3-5-12(11)16/h2-5,9-10,19H,6-8H2,1H3,(H,17,20). The van der Waals surface area contributed by atoms with Crippen LogP contribution in [-0.4, -0.2) is 29.1 Å². The average Bonchev–Trinajstić information content (AvgIpc) is 2.95. The van der Waals surface area contributed by atoms with Crippen LogP contribution in [0.1, 0.15) is 23.8 Å². The topological polar surface area (TPSA) is 62.2 Å². The number of aliphatic hydroxyl groups is 1. The molecule has 1 aromatic carbocycles. The van der Waals surface area contributed by atoms with Gasteiger partial charge in [-0.05, 0) is 18.4 Å². The fraction of sp³-hybridized carbons (Fsp3) is 0.333. The van der Waals surface area contributed by atoms with Gasteiger partial charge in [-0.25, -0.2) is 4.98 Å². The van der Waals surface area contributed by atoms with Gasteiger partial charge in [0.2, 0.25) is 0 Å². The molecule has 1 atom stereocenters. The Bertz CT molecular complexity index is 615. The zero-order chi connectivity index (χ0) is 15.2. The lowest BCUT2D eigenvalue weighted by atomic mass is 10.1. The smallest absolute Gasteiger partial charge is 0.270 e. The van der Waals surface area contributed by atoms with E-state index in [4.69, 9.17) is 16.7 Å². The quantitative estimate of drug-likeness (QED) is 0.857. The number of hydrogen-bond donors (Lipinski definition) is 2. The van der Waals surface area contributed by atoms with Crippen molar-refractivity contribution < 1.29 is 9.90 Å². The molecule has 0 aliphatic rings. The van der Waals surface area contributed by atoms with Crippen molar-refractivity contribution in [3.05, 3.63) is 40.4 Å². The van der Waals surface area contributed by atoms with Gasteiger partial charge < -0.3 is 10.4 Å². The number of amides is 1. The number of rotatable bonds is 6. The van der Waals surface area contributed by atoms with E-state index in [9.17, 15) is 4.79 Å². The molecule has 0 radical (unpaired) electrons. The summed E-state index contributed by atoms with van der Waals surface area (Å²) in [6, 6.07) is 7.43. The molecule has 1 amide bonds. The lowest BCUT2D eigenvalue weighted by Gasteiger charge is -2.09. The van der Waals surface area contributed by atoms with Crippen molar-refractivity contribution in [2.75, 3.05) is 13.2 Å². The minimum Gasteiger partial charge on any atom is -0.396 e. The molecule has 0 bridgehead atoms. The third-order valence-corrected chi connectivity index (χ3v) is 4.28. The van der Waals surface area contributed by atoms with Crippen LogP contribution in [0.5, 0.6) is 0 Å². The molecule has 1 aromatic heterocycles. The molecule has 2 aromatic rings. The molecule has 1 heterocycles. The predicted molar refractivity (Wildman–Crippen MR) is 85.8 cm³/mol. The summed E-state index contributed by atoms with van der Waals surface area (Å²) in [4.78, 5) is 16.4. The lowest BCUT2D eigenvalue weighted by Crippen LogP contribution is -2.28. The van der Waals surface area contributed by atoms with Crippen molar-refractivity contribution in [3.63, 3.8) is 0 Å². The Balaban J connectivity index is 2.03. The summed E-state index contributed by atoms with van der Waals surface area (Å²) < 4.78 is 0. The van der Waals surface area contributed by atoms with Crippen LogP contribution in [0.3, 0.4) is 0 Å². The summed E-state index contributed by atoms with van der Waals surface area (Å²) in [5, 5.41) is 14.7. The van der Waals surface area contributed by atoms with E-state index in [1.165, 1.54) is 11.3 Å². The summed E-state index contributed by atoms with van der Waals surface area (Å²) in [5.41, 5.74) is 1.22. The number of thiazole rings is 1. The monoisotopic (exact) mass is 324 g/mol. The van der Waals surface area contributed by atoms with Gasteiger partial charge in [-0.15, -0.1) is 11.3 Å². The zero-order valence-corrected chi connectivity index (χ0v) is 13.2. The number of aromatic nitrogens is 1. The van der Waals surface area contributed by atoms with Crippen molar-refractivity contribution in [1.29, 1.82) is 0 Å². The second-order valence-electron chi connectivity index (χ2n) is 4.85.